The molecule has 0 bridgehead atoms. The number of carbonyl (C=O) groups is 1. The molecule has 0 spiro atoms. The Labute approximate surface area is 69.9 Å². The van der Waals surface area contributed by atoms with Gasteiger partial charge in [-0.25, -0.2) is 0 Å². The molecular formula is C8H11BrO. The van der Waals surface area contributed by atoms with Crippen LogP contribution in [-0.2, 0) is 4.79 Å². The molecule has 10 heavy (non-hydrogen) atoms. The zero-order valence-electron chi connectivity index (χ0n) is 6.23. The van der Waals surface area contributed by atoms with Gasteiger partial charge in [-0.3, -0.25) is 4.79 Å². The molecule has 0 saturated heterocycles. The zero-order valence-corrected chi connectivity index (χ0v) is 7.81. The van der Waals surface area contributed by atoms with E-state index in [-0.39, 0.29) is 0 Å². The van der Waals surface area contributed by atoms with Crippen LogP contribution in [0.1, 0.15) is 20.3 Å². The lowest BCUT2D eigenvalue weighted by atomic mass is 10.2. The summed E-state index contributed by atoms with van der Waals surface area (Å²) in [5.74, 6) is 0. The van der Waals surface area contributed by atoms with Crippen molar-refractivity contribution in [1.29, 1.82) is 0 Å². The number of hydrogen-bond donors (Lipinski definition) is 0. The van der Waals surface area contributed by atoms with Gasteiger partial charge >= 0.3 is 0 Å². The van der Waals surface area contributed by atoms with E-state index in [1.807, 2.05) is 19.9 Å². The summed E-state index contributed by atoms with van der Waals surface area (Å²) in [7, 11) is 0. The number of carbonyl (C=O) groups excluding carboxylic acids is 1. The molecule has 0 rings (SSSR count). The molecule has 0 N–H and O–H groups in total. The van der Waals surface area contributed by atoms with Crippen LogP contribution in [0.15, 0.2) is 22.2 Å². The van der Waals surface area contributed by atoms with Crippen LogP contribution in [0.2, 0.25) is 0 Å². The summed E-state index contributed by atoms with van der Waals surface area (Å²) in [5.41, 5.74) is 0.727. The van der Waals surface area contributed by atoms with Gasteiger partial charge in [-0.2, -0.15) is 0 Å². The van der Waals surface area contributed by atoms with Crippen LogP contribution in [0.4, 0.5) is 0 Å². The Hall–Kier alpha value is -0.370. The third-order valence-electron chi connectivity index (χ3n) is 1.10. The maximum atomic E-state index is 10.4. The molecule has 0 radical (unpaired) electrons. The molecule has 0 amide bonds. The van der Waals surface area contributed by atoms with E-state index in [4.69, 9.17) is 0 Å². The van der Waals surface area contributed by atoms with Crippen molar-refractivity contribution in [2.45, 2.75) is 20.3 Å². The molecule has 0 aliphatic carbocycles. The Bertz CT molecular complexity index is 168. The second kappa shape index (κ2) is 5.42. The minimum absolute atomic E-state index is 0.727. The third kappa shape index (κ3) is 2.97. The summed E-state index contributed by atoms with van der Waals surface area (Å²) < 4.78 is 0.959. The first-order valence-electron chi connectivity index (χ1n) is 3.22. The molecule has 0 aromatic heterocycles. The van der Waals surface area contributed by atoms with Gasteiger partial charge in [-0.15, -0.1) is 0 Å². The van der Waals surface area contributed by atoms with E-state index < -0.39 is 0 Å². The second-order valence-electron chi connectivity index (χ2n) is 1.83. The van der Waals surface area contributed by atoms with Crippen molar-refractivity contribution in [3.8, 4) is 0 Å². The van der Waals surface area contributed by atoms with Crippen molar-refractivity contribution in [1.82, 2.24) is 0 Å². The van der Waals surface area contributed by atoms with Crippen LogP contribution in [0, 0.1) is 0 Å². The molecule has 0 unspecified atom stereocenters. The Morgan fingerprint density at radius 1 is 1.60 bits per heavy atom. The number of rotatable bonds is 3. The van der Waals surface area contributed by atoms with Gasteiger partial charge in [0.2, 0.25) is 0 Å². The first-order chi connectivity index (χ1) is 4.76. The molecule has 0 aliphatic heterocycles. The van der Waals surface area contributed by atoms with Gasteiger partial charge in [0.15, 0.2) is 6.29 Å². The molecule has 0 aromatic carbocycles. The number of halogens is 1. The van der Waals surface area contributed by atoms with Crippen molar-refractivity contribution >= 4 is 22.2 Å². The Morgan fingerprint density at radius 3 is 2.50 bits per heavy atom. The average Bonchev–Trinajstić information content (AvgIpc) is 1.99. The fourth-order valence-electron chi connectivity index (χ4n) is 0.577. The third-order valence-corrected chi connectivity index (χ3v) is 2.12. The lowest BCUT2D eigenvalue weighted by Gasteiger charge is -1.93. The smallest absolute Gasteiger partial charge is 0.150 e. The summed E-state index contributed by atoms with van der Waals surface area (Å²) in [5, 5.41) is 0. The lowest BCUT2D eigenvalue weighted by Crippen LogP contribution is -1.82. The maximum absolute atomic E-state index is 10.4. The predicted molar refractivity (Wildman–Crippen MR) is 47.1 cm³/mol. The van der Waals surface area contributed by atoms with Gasteiger partial charge < -0.3 is 0 Å². The summed E-state index contributed by atoms with van der Waals surface area (Å²) in [6.45, 7) is 3.89. The Kier molecular flexibility index (Phi) is 5.22. The minimum atomic E-state index is 0.727. The molecule has 0 heterocycles. The molecular weight excluding hydrogens is 192 g/mol. The van der Waals surface area contributed by atoms with Crippen LogP contribution in [0.3, 0.4) is 0 Å². The molecule has 0 saturated carbocycles. The largest absolute Gasteiger partial charge is 0.298 e. The number of aldehydes is 1. The minimum Gasteiger partial charge on any atom is -0.298 e. The maximum Gasteiger partial charge on any atom is 0.150 e. The number of hydrogen-bond acceptors (Lipinski definition) is 1. The monoisotopic (exact) mass is 202 g/mol. The molecule has 0 aliphatic rings. The van der Waals surface area contributed by atoms with Crippen molar-refractivity contribution in [2.24, 2.45) is 0 Å². The summed E-state index contributed by atoms with van der Waals surface area (Å²) in [4.78, 5) is 10.4. The molecule has 56 valence electrons. The zero-order chi connectivity index (χ0) is 7.98. The van der Waals surface area contributed by atoms with Gasteiger partial charge in [0, 0.05) is 10.1 Å². The Morgan fingerprint density at radius 2 is 2.20 bits per heavy atom. The quantitative estimate of drug-likeness (QED) is 0.391. The first kappa shape index (κ1) is 9.63. The standard InChI is InChI=1S/C8H11BrO/c1-3-5-7(6-10)8(9)4-2/h3,5-6H,4H2,1-2H3/b5-3-,8-7-. The van der Waals surface area contributed by atoms with Gasteiger partial charge in [0.05, 0.1) is 0 Å². The van der Waals surface area contributed by atoms with Crippen LogP contribution < -0.4 is 0 Å². The molecule has 0 aromatic rings. The highest BCUT2D eigenvalue weighted by Gasteiger charge is 1.94. The first-order valence-corrected chi connectivity index (χ1v) is 4.02. The van der Waals surface area contributed by atoms with Gasteiger partial charge in [0.25, 0.3) is 0 Å². The van der Waals surface area contributed by atoms with E-state index in [0.717, 1.165) is 22.8 Å². The van der Waals surface area contributed by atoms with Crippen molar-refractivity contribution < 1.29 is 4.79 Å². The molecule has 1 nitrogen and oxygen atoms in total. The average molecular weight is 203 g/mol. The van der Waals surface area contributed by atoms with Crippen molar-refractivity contribution in [3.63, 3.8) is 0 Å². The van der Waals surface area contributed by atoms with Crippen LogP contribution in [-0.4, -0.2) is 6.29 Å². The number of allylic oxidation sites excluding steroid dienone is 4. The second-order valence-corrected chi connectivity index (χ2v) is 2.79. The SMILES string of the molecule is C/C=C\C(C=O)=C(\Br)CC. The van der Waals surface area contributed by atoms with Crippen molar-refractivity contribution in [3.05, 3.63) is 22.2 Å². The predicted octanol–water partition coefficient (Wildman–Crippen LogP) is 2.82. The van der Waals surface area contributed by atoms with E-state index >= 15 is 0 Å². The highest BCUT2D eigenvalue weighted by molar-refractivity contribution is 9.11. The van der Waals surface area contributed by atoms with Crippen LogP contribution in [0.5, 0.6) is 0 Å². The van der Waals surface area contributed by atoms with Crippen LogP contribution in [0.25, 0.3) is 0 Å². The van der Waals surface area contributed by atoms with E-state index in [0.29, 0.717) is 0 Å². The topological polar surface area (TPSA) is 17.1 Å². The summed E-state index contributed by atoms with van der Waals surface area (Å²) in [6, 6.07) is 0. The van der Waals surface area contributed by atoms with E-state index in [2.05, 4.69) is 15.9 Å². The van der Waals surface area contributed by atoms with Gasteiger partial charge in [-0.1, -0.05) is 35.0 Å². The highest BCUT2D eigenvalue weighted by atomic mass is 79.9. The van der Waals surface area contributed by atoms with Gasteiger partial charge in [-0.05, 0) is 13.3 Å². The fraction of sp³-hybridized carbons (Fsp3) is 0.375. The Balaban J connectivity index is 4.44. The lowest BCUT2D eigenvalue weighted by molar-refractivity contribution is -0.104. The van der Waals surface area contributed by atoms with Crippen molar-refractivity contribution in [2.75, 3.05) is 0 Å². The van der Waals surface area contributed by atoms with E-state index in [1.54, 1.807) is 6.08 Å². The summed E-state index contributed by atoms with van der Waals surface area (Å²) in [6.07, 6.45) is 5.35. The fourth-order valence-corrected chi connectivity index (χ4v) is 0.803. The summed E-state index contributed by atoms with van der Waals surface area (Å²) >= 11 is 3.30. The van der Waals surface area contributed by atoms with Gasteiger partial charge in [0.1, 0.15) is 0 Å². The van der Waals surface area contributed by atoms with E-state index in [9.17, 15) is 4.79 Å². The highest BCUT2D eigenvalue weighted by Crippen LogP contribution is 2.14. The molecule has 0 atom stereocenters. The van der Waals surface area contributed by atoms with E-state index in [1.165, 1.54) is 0 Å². The molecule has 2 heteroatoms. The normalized spacial score (nSPS) is 13.5. The molecule has 0 fully saturated rings. The van der Waals surface area contributed by atoms with Crippen LogP contribution >= 0.6 is 15.9 Å².